The summed E-state index contributed by atoms with van der Waals surface area (Å²) in [5.74, 6) is 0. The summed E-state index contributed by atoms with van der Waals surface area (Å²) in [5.41, 5.74) is 3.73. The van der Waals surface area contributed by atoms with Crippen molar-refractivity contribution in [2.75, 3.05) is 40.0 Å². The van der Waals surface area contributed by atoms with Crippen LogP contribution in [-0.4, -0.2) is 58.2 Å². The topological polar surface area (TPSA) is 82.4 Å². The number of aryl methyl sites for hydroxylation is 1. The van der Waals surface area contributed by atoms with Gasteiger partial charge in [0.05, 0.1) is 30.4 Å². The molecule has 0 amide bonds. The van der Waals surface area contributed by atoms with E-state index in [2.05, 4.69) is 37.3 Å². The van der Waals surface area contributed by atoms with E-state index >= 15 is 0 Å². The lowest BCUT2D eigenvalue weighted by Crippen LogP contribution is -2.47. The van der Waals surface area contributed by atoms with E-state index in [1.165, 1.54) is 5.57 Å². The molecule has 2 aromatic rings. The minimum Gasteiger partial charge on any atom is -0.382 e. The lowest BCUT2D eigenvalue weighted by atomic mass is 9.69. The second-order valence-electron chi connectivity index (χ2n) is 10.2. The Balaban J connectivity index is 1.72. The Bertz CT molecular complexity index is 1140. The van der Waals surface area contributed by atoms with Crippen LogP contribution in [0.4, 0.5) is 0 Å². The van der Waals surface area contributed by atoms with E-state index in [0.29, 0.717) is 26.2 Å². The number of rotatable bonds is 7. The second-order valence-corrected chi connectivity index (χ2v) is 12.0. The van der Waals surface area contributed by atoms with Crippen LogP contribution in [0.15, 0.2) is 39.8 Å². The van der Waals surface area contributed by atoms with Gasteiger partial charge in [0.15, 0.2) is 5.03 Å². The molecule has 0 saturated carbocycles. The van der Waals surface area contributed by atoms with Crippen molar-refractivity contribution in [1.82, 2.24) is 15.1 Å². The third kappa shape index (κ3) is 4.54. The van der Waals surface area contributed by atoms with Crippen LogP contribution in [0.1, 0.15) is 44.0 Å². The molecule has 2 heterocycles. The maximum absolute atomic E-state index is 13.7. The number of ether oxygens (including phenoxy) is 2. The predicted octanol–water partition coefficient (Wildman–Crippen LogP) is 3.13. The maximum atomic E-state index is 13.7. The number of hydrogen-bond acceptors (Lipinski definition) is 6. The number of sulfone groups is 1. The molecule has 33 heavy (non-hydrogen) atoms. The molecule has 7 nitrogen and oxygen atoms in total. The standard InChI is InChI=1S/C25H35N3O4S/c1-24(2,3)18-6-8-20(9-7-18)33(29,30)23-21-15-25(17-32-13-12-31-5)16-26-11-10-19(25)14-22(21)28(4)27-23/h6-9,14,26H,10-13,15-17H2,1-5H3/t25-/m1/s1. The number of piperidine rings is 1. The zero-order valence-electron chi connectivity index (χ0n) is 20.3. The number of aromatic nitrogens is 2. The van der Waals surface area contributed by atoms with Crippen molar-refractivity contribution in [3.8, 4) is 0 Å². The van der Waals surface area contributed by atoms with Gasteiger partial charge in [-0.05, 0) is 48.6 Å². The number of benzene rings is 1. The smallest absolute Gasteiger partial charge is 0.225 e. The van der Waals surface area contributed by atoms with Gasteiger partial charge < -0.3 is 14.8 Å². The first-order valence-corrected chi connectivity index (χ1v) is 13.0. The van der Waals surface area contributed by atoms with Gasteiger partial charge >= 0.3 is 0 Å². The van der Waals surface area contributed by atoms with Gasteiger partial charge in [-0.15, -0.1) is 0 Å². The zero-order valence-corrected chi connectivity index (χ0v) is 21.1. The van der Waals surface area contributed by atoms with Crippen molar-refractivity contribution in [1.29, 1.82) is 0 Å². The molecule has 1 N–H and O–H groups in total. The third-order valence-electron chi connectivity index (χ3n) is 6.79. The minimum absolute atomic E-state index is 0.0448. The highest BCUT2D eigenvalue weighted by Crippen LogP contribution is 2.44. The molecule has 8 heteroatoms. The fourth-order valence-electron chi connectivity index (χ4n) is 4.80. The average Bonchev–Trinajstić information content (AvgIpc) is 3.10. The number of nitrogens with one attached hydrogen (secondary N) is 1. The van der Waals surface area contributed by atoms with Crippen LogP contribution >= 0.6 is 0 Å². The molecule has 0 radical (unpaired) electrons. The van der Waals surface area contributed by atoms with Crippen molar-refractivity contribution >= 4 is 15.9 Å². The first-order chi connectivity index (χ1) is 15.6. The van der Waals surface area contributed by atoms with E-state index in [0.717, 1.165) is 36.3 Å². The first-order valence-electron chi connectivity index (χ1n) is 11.5. The van der Waals surface area contributed by atoms with Gasteiger partial charge in [0.25, 0.3) is 0 Å². The molecule has 1 fully saturated rings. The maximum Gasteiger partial charge on any atom is 0.225 e. The van der Waals surface area contributed by atoms with Crippen LogP contribution in [-0.2, 0) is 38.2 Å². The molecule has 1 aliphatic heterocycles. The molecule has 0 unspecified atom stereocenters. The van der Waals surface area contributed by atoms with Crippen LogP contribution in [0.5, 0.6) is 0 Å². The first kappa shape index (κ1) is 24.1. The third-order valence-corrected chi connectivity index (χ3v) is 8.52. The van der Waals surface area contributed by atoms with Gasteiger partial charge in [-0.25, -0.2) is 8.42 Å². The molecule has 1 aliphatic carbocycles. The van der Waals surface area contributed by atoms with Crippen LogP contribution in [0.2, 0.25) is 0 Å². The van der Waals surface area contributed by atoms with Gasteiger partial charge in [0.2, 0.25) is 9.84 Å². The molecule has 0 spiro atoms. The van der Waals surface area contributed by atoms with Crippen molar-refractivity contribution in [2.24, 2.45) is 12.5 Å². The quantitative estimate of drug-likeness (QED) is 0.622. The monoisotopic (exact) mass is 473 g/mol. The number of nitrogens with zero attached hydrogens (tertiary/aromatic N) is 2. The molecule has 4 rings (SSSR count). The molecule has 1 aromatic carbocycles. The zero-order chi connectivity index (χ0) is 23.9. The van der Waals surface area contributed by atoms with Gasteiger partial charge in [-0.1, -0.05) is 38.5 Å². The predicted molar refractivity (Wildman–Crippen MR) is 128 cm³/mol. The highest BCUT2D eigenvalue weighted by molar-refractivity contribution is 7.91. The van der Waals surface area contributed by atoms with E-state index in [4.69, 9.17) is 9.47 Å². The van der Waals surface area contributed by atoms with E-state index in [1.807, 2.05) is 19.2 Å². The lowest BCUT2D eigenvalue weighted by Gasteiger charge is -2.42. The Morgan fingerprint density at radius 2 is 1.91 bits per heavy atom. The van der Waals surface area contributed by atoms with Crippen LogP contribution in [0.25, 0.3) is 6.08 Å². The number of fused-ring (bicyclic) bond motifs is 2. The summed E-state index contributed by atoms with van der Waals surface area (Å²) in [6, 6.07) is 7.20. The van der Waals surface area contributed by atoms with Crippen molar-refractivity contribution in [3.05, 3.63) is 46.7 Å². The average molecular weight is 474 g/mol. The van der Waals surface area contributed by atoms with E-state index in [9.17, 15) is 8.42 Å². The van der Waals surface area contributed by atoms with Crippen LogP contribution < -0.4 is 5.32 Å². The Morgan fingerprint density at radius 1 is 1.18 bits per heavy atom. The SMILES string of the molecule is COCCOC[C@@]12CNCCC1=Cc1c(c(S(=O)(=O)c3ccc(C(C)(C)C)cc3)nn1C)C2. The van der Waals surface area contributed by atoms with Crippen molar-refractivity contribution in [2.45, 2.75) is 48.9 Å². The normalized spacial score (nSPS) is 20.8. The minimum atomic E-state index is -3.76. The highest BCUT2D eigenvalue weighted by Gasteiger charge is 2.43. The summed E-state index contributed by atoms with van der Waals surface area (Å²) in [6.45, 7) is 9.56. The van der Waals surface area contributed by atoms with Gasteiger partial charge in [0, 0.05) is 31.7 Å². The molecular formula is C25H35N3O4S. The van der Waals surface area contributed by atoms with E-state index in [-0.39, 0.29) is 20.8 Å². The summed E-state index contributed by atoms with van der Waals surface area (Å²) < 4.78 is 40.2. The molecule has 0 bridgehead atoms. The van der Waals surface area contributed by atoms with Crippen molar-refractivity contribution in [3.63, 3.8) is 0 Å². The summed E-state index contributed by atoms with van der Waals surface area (Å²) in [7, 11) is -0.282. The van der Waals surface area contributed by atoms with Crippen LogP contribution in [0.3, 0.4) is 0 Å². The van der Waals surface area contributed by atoms with Crippen LogP contribution in [0, 0.1) is 5.41 Å². The Kier molecular flexibility index (Phi) is 6.57. The van der Waals surface area contributed by atoms with Gasteiger partial charge in [-0.3, -0.25) is 4.68 Å². The summed E-state index contributed by atoms with van der Waals surface area (Å²) >= 11 is 0. The van der Waals surface area contributed by atoms with E-state index < -0.39 is 9.84 Å². The lowest BCUT2D eigenvalue weighted by molar-refractivity contribution is 0.0232. The Labute approximate surface area is 197 Å². The fourth-order valence-corrected chi connectivity index (χ4v) is 6.25. The highest BCUT2D eigenvalue weighted by atomic mass is 32.2. The fraction of sp³-hybridized carbons (Fsp3) is 0.560. The summed E-state index contributed by atoms with van der Waals surface area (Å²) in [6.07, 6.45) is 3.62. The van der Waals surface area contributed by atoms with Crippen molar-refractivity contribution < 1.29 is 17.9 Å². The molecule has 180 valence electrons. The summed E-state index contributed by atoms with van der Waals surface area (Å²) in [5, 5.41) is 8.15. The Hall–Kier alpha value is -2.00. The number of methoxy groups -OCH3 is 1. The molecular weight excluding hydrogens is 438 g/mol. The molecule has 1 aromatic heterocycles. The number of hydrogen-bond donors (Lipinski definition) is 1. The molecule has 1 atom stereocenters. The van der Waals surface area contributed by atoms with Gasteiger partial charge in [0.1, 0.15) is 0 Å². The molecule has 1 saturated heterocycles. The van der Waals surface area contributed by atoms with E-state index in [1.54, 1.807) is 23.9 Å². The summed E-state index contributed by atoms with van der Waals surface area (Å²) in [4.78, 5) is 0.276. The second kappa shape index (κ2) is 8.98. The molecule has 2 aliphatic rings. The largest absolute Gasteiger partial charge is 0.382 e. The van der Waals surface area contributed by atoms with Gasteiger partial charge in [-0.2, -0.15) is 5.10 Å². The Morgan fingerprint density at radius 3 is 2.58 bits per heavy atom.